The number of fused-ring (bicyclic) bond motifs is 1. The molecule has 1 saturated heterocycles. The lowest BCUT2D eigenvalue weighted by molar-refractivity contribution is -0.131. The minimum atomic E-state index is -1.11. The van der Waals surface area contributed by atoms with Crippen LogP contribution in [-0.4, -0.2) is 100 Å². The van der Waals surface area contributed by atoms with Crippen LogP contribution in [0.5, 0.6) is 11.5 Å². The fraction of sp³-hybridized carbons (Fsp3) is 0.306. The standard InChI is InChI=1S/C36H35F3N8O4/c1-50-30-6-3-8-40-35(30)44-13-15-45(16-14-44)36(49)29-19-26-24(25-18-27(37)28(38)20-31(25)51-2)17-23(33(39)34(26)42-29)22-5-4-10-46(21-22)32(48)7-11-47-12-9-41-43-47/h3,5-6,8-9,12,17-20,42H,4,7,10-11,13-16,21H2,1-2H3. The molecular weight excluding hydrogens is 665 g/mol. The number of hydrogen-bond donors (Lipinski definition) is 1. The number of nitrogens with one attached hydrogen (secondary N) is 1. The molecule has 1 fully saturated rings. The summed E-state index contributed by atoms with van der Waals surface area (Å²) < 4.78 is 58.2. The minimum absolute atomic E-state index is 0.0185. The maximum Gasteiger partial charge on any atom is 0.270 e. The lowest BCUT2D eigenvalue weighted by Gasteiger charge is -2.35. The smallest absolute Gasteiger partial charge is 0.270 e. The molecule has 5 aromatic rings. The number of anilines is 1. The zero-order valence-electron chi connectivity index (χ0n) is 28.0. The molecule has 5 heterocycles. The number of aryl methyl sites for hydroxylation is 1. The van der Waals surface area contributed by atoms with Crippen molar-refractivity contribution >= 4 is 34.1 Å². The van der Waals surface area contributed by atoms with Crippen molar-refractivity contribution < 1.29 is 32.2 Å². The van der Waals surface area contributed by atoms with Gasteiger partial charge in [0.2, 0.25) is 5.91 Å². The Morgan fingerprint density at radius 2 is 1.67 bits per heavy atom. The van der Waals surface area contributed by atoms with Crippen LogP contribution in [0.4, 0.5) is 19.0 Å². The molecule has 51 heavy (non-hydrogen) atoms. The first-order chi connectivity index (χ1) is 24.7. The number of piperazine rings is 1. The monoisotopic (exact) mass is 700 g/mol. The molecule has 2 aliphatic rings. The van der Waals surface area contributed by atoms with Crippen molar-refractivity contribution in [2.45, 2.75) is 19.4 Å². The maximum absolute atomic E-state index is 16.7. The quantitative estimate of drug-likeness (QED) is 0.230. The second kappa shape index (κ2) is 14.2. The highest BCUT2D eigenvalue weighted by Crippen LogP contribution is 2.41. The van der Waals surface area contributed by atoms with Crippen molar-refractivity contribution in [1.29, 1.82) is 0 Å². The second-order valence-corrected chi connectivity index (χ2v) is 12.3. The predicted molar refractivity (Wildman–Crippen MR) is 183 cm³/mol. The van der Waals surface area contributed by atoms with Gasteiger partial charge in [-0.3, -0.25) is 14.3 Å². The molecule has 7 rings (SSSR count). The van der Waals surface area contributed by atoms with E-state index in [4.69, 9.17) is 9.47 Å². The first-order valence-electron chi connectivity index (χ1n) is 16.5. The Hall–Kier alpha value is -5.86. The summed E-state index contributed by atoms with van der Waals surface area (Å²) in [5.41, 5.74) is 1.36. The Morgan fingerprint density at radius 3 is 2.41 bits per heavy atom. The summed E-state index contributed by atoms with van der Waals surface area (Å²) in [6.45, 7) is 2.67. The van der Waals surface area contributed by atoms with Gasteiger partial charge in [-0.25, -0.2) is 18.2 Å². The lowest BCUT2D eigenvalue weighted by Crippen LogP contribution is -2.49. The molecule has 0 bridgehead atoms. The number of rotatable bonds is 9. The number of methoxy groups -OCH3 is 2. The van der Waals surface area contributed by atoms with Gasteiger partial charge < -0.3 is 29.2 Å². The first kappa shape index (κ1) is 33.6. The number of carbonyl (C=O) groups is 2. The minimum Gasteiger partial charge on any atom is -0.496 e. The van der Waals surface area contributed by atoms with E-state index in [1.54, 1.807) is 46.1 Å². The highest BCUT2D eigenvalue weighted by atomic mass is 19.2. The molecule has 0 unspecified atom stereocenters. The number of aromatic amines is 1. The summed E-state index contributed by atoms with van der Waals surface area (Å²) >= 11 is 0. The highest BCUT2D eigenvalue weighted by molar-refractivity contribution is 6.05. The number of benzene rings is 2. The third kappa shape index (κ3) is 6.58. The third-order valence-electron chi connectivity index (χ3n) is 9.33. The van der Waals surface area contributed by atoms with E-state index in [1.807, 2.05) is 17.0 Å². The summed E-state index contributed by atoms with van der Waals surface area (Å²) in [7, 11) is 2.91. The molecule has 0 aliphatic carbocycles. The van der Waals surface area contributed by atoms with Crippen molar-refractivity contribution in [2.24, 2.45) is 0 Å². The van der Waals surface area contributed by atoms with E-state index >= 15 is 4.39 Å². The number of ether oxygens (including phenoxy) is 2. The van der Waals surface area contributed by atoms with E-state index in [0.717, 1.165) is 12.1 Å². The molecule has 2 aromatic carbocycles. The van der Waals surface area contributed by atoms with Gasteiger partial charge in [-0.05, 0) is 47.9 Å². The van der Waals surface area contributed by atoms with Crippen molar-refractivity contribution in [2.75, 3.05) is 58.4 Å². The lowest BCUT2D eigenvalue weighted by atomic mass is 9.92. The molecule has 3 aromatic heterocycles. The number of hydrogen-bond acceptors (Lipinski definition) is 8. The predicted octanol–water partition coefficient (Wildman–Crippen LogP) is 4.92. The topological polar surface area (TPSA) is 122 Å². The molecule has 0 atom stereocenters. The van der Waals surface area contributed by atoms with Gasteiger partial charge in [-0.1, -0.05) is 11.3 Å². The van der Waals surface area contributed by atoms with Gasteiger partial charge in [0, 0.05) is 80.7 Å². The molecule has 12 nitrogen and oxygen atoms in total. The molecule has 2 amide bonds. The fourth-order valence-electron chi connectivity index (χ4n) is 6.68. The SMILES string of the molecule is COc1cc(F)c(F)cc1-c1cc(C2=CCCN(C(=O)CCn3ccnn3)C2)c(F)c2[nH]c(C(=O)N3CCN(c4ncccc4OC)CC3)cc12. The molecule has 1 N–H and O–H groups in total. The van der Waals surface area contributed by atoms with E-state index in [-0.39, 0.29) is 58.3 Å². The average Bonchev–Trinajstić information content (AvgIpc) is 3.86. The summed E-state index contributed by atoms with van der Waals surface area (Å²) in [6, 6.07) is 8.62. The van der Waals surface area contributed by atoms with Crippen molar-refractivity contribution in [1.82, 2.24) is 34.8 Å². The van der Waals surface area contributed by atoms with Crippen molar-refractivity contribution in [3.63, 3.8) is 0 Å². The fourth-order valence-corrected chi connectivity index (χ4v) is 6.68. The van der Waals surface area contributed by atoms with Crippen LogP contribution in [0, 0.1) is 17.5 Å². The maximum atomic E-state index is 16.7. The van der Waals surface area contributed by atoms with Crippen LogP contribution < -0.4 is 14.4 Å². The van der Waals surface area contributed by atoms with Gasteiger partial charge in [0.15, 0.2) is 29.0 Å². The summed E-state index contributed by atoms with van der Waals surface area (Å²) in [5.74, 6) is -1.97. The van der Waals surface area contributed by atoms with Crippen LogP contribution in [0.2, 0.25) is 0 Å². The van der Waals surface area contributed by atoms with Gasteiger partial charge in [0.05, 0.1) is 32.5 Å². The van der Waals surface area contributed by atoms with Gasteiger partial charge in [0.1, 0.15) is 11.4 Å². The van der Waals surface area contributed by atoms with Crippen LogP contribution in [-0.2, 0) is 11.3 Å². The van der Waals surface area contributed by atoms with E-state index in [2.05, 4.69) is 20.3 Å². The Balaban J connectivity index is 1.22. The molecule has 15 heteroatoms. The molecular formula is C36H35F3N8O4. The largest absolute Gasteiger partial charge is 0.496 e. The first-order valence-corrected chi connectivity index (χ1v) is 16.5. The molecule has 0 saturated carbocycles. The molecule has 0 spiro atoms. The normalized spacial score (nSPS) is 14.9. The van der Waals surface area contributed by atoms with Crippen LogP contribution in [0.25, 0.3) is 27.6 Å². The Morgan fingerprint density at radius 1 is 0.882 bits per heavy atom. The number of halogens is 3. The number of amides is 2. The second-order valence-electron chi connectivity index (χ2n) is 12.3. The van der Waals surface area contributed by atoms with E-state index < -0.39 is 17.5 Å². The number of H-pyrrole nitrogens is 1. The van der Waals surface area contributed by atoms with Gasteiger partial charge in [0.25, 0.3) is 5.91 Å². The van der Waals surface area contributed by atoms with E-state index in [1.165, 1.54) is 19.4 Å². The molecule has 0 radical (unpaired) electrons. The Kier molecular flexibility index (Phi) is 9.34. The van der Waals surface area contributed by atoms with Gasteiger partial charge in [-0.15, -0.1) is 5.10 Å². The summed E-state index contributed by atoms with van der Waals surface area (Å²) in [5, 5.41) is 7.95. The summed E-state index contributed by atoms with van der Waals surface area (Å²) in [4.78, 5) is 39.8. The third-order valence-corrected chi connectivity index (χ3v) is 9.33. The highest BCUT2D eigenvalue weighted by Gasteiger charge is 2.29. The zero-order valence-corrected chi connectivity index (χ0v) is 28.0. The van der Waals surface area contributed by atoms with E-state index in [9.17, 15) is 18.4 Å². The number of carbonyl (C=O) groups excluding carboxylic acids is 2. The van der Waals surface area contributed by atoms with Gasteiger partial charge in [-0.2, -0.15) is 0 Å². The van der Waals surface area contributed by atoms with Crippen molar-refractivity contribution in [3.05, 3.63) is 89.8 Å². The zero-order chi connectivity index (χ0) is 35.6. The van der Waals surface area contributed by atoms with E-state index in [0.29, 0.717) is 68.4 Å². The molecule has 2 aliphatic heterocycles. The Bertz CT molecular complexity index is 2130. The van der Waals surface area contributed by atoms with Gasteiger partial charge >= 0.3 is 0 Å². The number of pyridine rings is 1. The van der Waals surface area contributed by atoms with Crippen LogP contribution in [0.3, 0.4) is 0 Å². The Labute approximate surface area is 291 Å². The average molecular weight is 701 g/mol. The van der Waals surface area contributed by atoms with Crippen LogP contribution in [0.1, 0.15) is 28.9 Å². The number of nitrogens with zero attached hydrogens (tertiary/aromatic N) is 7. The van der Waals surface area contributed by atoms with Crippen LogP contribution >= 0.6 is 0 Å². The molecule has 264 valence electrons. The number of aromatic nitrogens is 5. The van der Waals surface area contributed by atoms with Crippen LogP contribution in [0.15, 0.2) is 61.1 Å². The van der Waals surface area contributed by atoms with Crippen molar-refractivity contribution in [3.8, 4) is 22.6 Å². The summed E-state index contributed by atoms with van der Waals surface area (Å²) in [6.07, 6.45) is 7.41.